The Morgan fingerprint density at radius 1 is 1.21 bits per heavy atom. The van der Waals surface area contributed by atoms with Crippen molar-refractivity contribution in [2.75, 3.05) is 24.7 Å². The van der Waals surface area contributed by atoms with Crippen LogP contribution in [0.3, 0.4) is 0 Å². The average Bonchev–Trinajstić information content (AvgIpc) is 2.93. The second-order valence-electron chi connectivity index (χ2n) is 9.30. The van der Waals surface area contributed by atoms with Crippen molar-refractivity contribution in [2.45, 2.75) is 56.4 Å². The molecule has 17 nitrogen and oxygen atoms in total. The van der Waals surface area contributed by atoms with E-state index in [4.69, 9.17) is 14.6 Å². The van der Waals surface area contributed by atoms with Gasteiger partial charge in [-0.05, 0) is 49.4 Å². The summed E-state index contributed by atoms with van der Waals surface area (Å²) in [5.74, 6) is -4.96. The standard InChI is InChI=1S/C25H30N6O11S/c1-3-41-19(34)8-5-14-11-15(21-26-9-4-10-27-21)13-16(12-14)42-23-20(31(37)38)22(29-25(30-23)43(2,39)40)28-17(24(35)36)6-7-18(32)33/h9,11-13,17,21,27H,3-8,10H2,1-2H3,(H,32,33)(H,35,36)(H,28,29,30). The van der Waals surface area contributed by atoms with Crippen molar-refractivity contribution in [2.24, 2.45) is 4.99 Å². The monoisotopic (exact) mass is 622 g/mol. The number of carbonyl (C=O) groups is 3. The van der Waals surface area contributed by atoms with Crippen LogP contribution in [0.5, 0.6) is 11.6 Å². The smallest absolute Gasteiger partial charge is 0.373 e. The fourth-order valence-electron chi connectivity index (χ4n) is 3.97. The molecular formula is C25H30N6O11S. The van der Waals surface area contributed by atoms with Gasteiger partial charge in [0.1, 0.15) is 18.0 Å². The number of hydrogen-bond acceptors (Lipinski definition) is 14. The van der Waals surface area contributed by atoms with Gasteiger partial charge in [0.25, 0.3) is 5.16 Å². The number of esters is 1. The van der Waals surface area contributed by atoms with Crippen molar-refractivity contribution in [3.63, 3.8) is 0 Å². The molecule has 43 heavy (non-hydrogen) atoms. The second kappa shape index (κ2) is 14.5. The van der Waals surface area contributed by atoms with Gasteiger partial charge in [-0.3, -0.25) is 30.0 Å². The van der Waals surface area contributed by atoms with Gasteiger partial charge in [0.15, 0.2) is 0 Å². The summed E-state index contributed by atoms with van der Waals surface area (Å²) in [5, 5.41) is 35.2. The first-order chi connectivity index (χ1) is 20.3. The Balaban J connectivity index is 2.12. The van der Waals surface area contributed by atoms with Gasteiger partial charge in [0, 0.05) is 31.9 Å². The minimum Gasteiger partial charge on any atom is -0.481 e. The summed E-state index contributed by atoms with van der Waals surface area (Å²) in [6.45, 7) is 2.49. The van der Waals surface area contributed by atoms with Crippen LogP contribution in [-0.4, -0.2) is 83.1 Å². The Hall–Kier alpha value is -4.71. The van der Waals surface area contributed by atoms with Gasteiger partial charge in [-0.1, -0.05) is 6.07 Å². The van der Waals surface area contributed by atoms with Crippen molar-refractivity contribution in [1.82, 2.24) is 15.3 Å². The molecule has 0 saturated carbocycles. The fraction of sp³-hybridized carbons (Fsp3) is 0.440. The number of ether oxygens (including phenoxy) is 2. The number of nitrogens with zero attached hydrogens (tertiary/aromatic N) is 4. The van der Waals surface area contributed by atoms with Crippen molar-refractivity contribution in [3.05, 3.63) is 39.4 Å². The number of aliphatic imine (C=N–C) groups is 1. The Kier molecular flexibility index (Phi) is 11.0. The van der Waals surface area contributed by atoms with Crippen molar-refractivity contribution < 1.29 is 47.4 Å². The van der Waals surface area contributed by atoms with Crippen LogP contribution in [0.4, 0.5) is 11.5 Å². The number of nitrogens with one attached hydrogen (secondary N) is 2. The zero-order valence-electron chi connectivity index (χ0n) is 23.2. The van der Waals surface area contributed by atoms with Crippen LogP contribution in [0.1, 0.15) is 49.9 Å². The van der Waals surface area contributed by atoms with E-state index in [9.17, 15) is 38.0 Å². The molecule has 1 aliphatic rings. The number of carbonyl (C=O) groups excluding carboxylic acids is 1. The van der Waals surface area contributed by atoms with Crippen molar-refractivity contribution >= 4 is 45.5 Å². The summed E-state index contributed by atoms with van der Waals surface area (Å²) in [6.07, 6.45) is 1.77. The first-order valence-electron chi connectivity index (χ1n) is 13.0. The number of rotatable bonds is 15. The third-order valence-electron chi connectivity index (χ3n) is 5.91. The predicted molar refractivity (Wildman–Crippen MR) is 149 cm³/mol. The Morgan fingerprint density at radius 3 is 2.53 bits per heavy atom. The number of carboxylic acid groups (broad SMARTS) is 2. The first-order valence-corrected chi connectivity index (χ1v) is 14.9. The molecule has 0 amide bonds. The highest BCUT2D eigenvalue weighted by Gasteiger charge is 2.33. The molecule has 232 valence electrons. The topological polar surface area (TPSA) is 250 Å². The number of carboxylic acids is 2. The van der Waals surface area contributed by atoms with Gasteiger partial charge >= 0.3 is 29.5 Å². The lowest BCUT2D eigenvalue weighted by molar-refractivity contribution is -0.385. The molecule has 2 aromatic rings. The minimum atomic E-state index is -4.21. The maximum absolute atomic E-state index is 12.4. The van der Waals surface area contributed by atoms with E-state index < -0.39 is 80.3 Å². The van der Waals surface area contributed by atoms with Crippen molar-refractivity contribution in [1.29, 1.82) is 0 Å². The maximum Gasteiger partial charge on any atom is 0.373 e. The highest BCUT2D eigenvalue weighted by molar-refractivity contribution is 7.90. The summed E-state index contributed by atoms with van der Waals surface area (Å²) in [5.41, 5.74) is 0.160. The number of aliphatic carboxylic acids is 2. The molecule has 0 aliphatic carbocycles. The fourth-order valence-corrected chi connectivity index (χ4v) is 4.47. The van der Waals surface area contributed by atoms with E-state index >= 15 is 0 Å². The van der Waals surface area contributed by atoms with E-state index in [-0.39, 0.29) is 25.2 Å². The van der Waals surface area contributed by atoms with E-state index in [1.807, 2.05) is 0 Å². The molecule has 0 radical (unpaired) electrons. The molecule has 18 heteroatoms. The number of aryl methyl sites for hydroxylation is 1. The molecule has 1 aromatic carbocycles. The normalized spacial score (nSPS) is 15.3. The number of nitro groups is 1. The van der Waals surface area contributed by atoms with Crippen LogP contribution < -0.4 is 15.4 Å². The van der Waals surface area contributed by atoms with Crippen molar-refractivity contribution in [3.8, 4) is 11.6 Å². The van der Waals surface area contributed by atoms with Gasteiger partial charge in [-0.15, -0.1) is 0 Å². The number of sulfone groups is 1. The summed E-state index contributed by atoms with van der Waals surface area (Å²) in [7, 11) is -4.21. The highest BCUT2D eigenvalue weighted by atomic mass is 32.2. The Labute approximate surface area is 245 Å². The average molecular weight is 623 g/mol. The SMILES string of the molecule is CCOC(=O)CCc1cc(Oc2nc(S(C)(=O)=O)nc(NC(CCC(=O)O)C(=O)O)c2[N+](=O)[O-])cc(C2N=CCCN2)c1. The lowest BCUT2D eigenvalue weighted by atomic mass is 10.0. The summed E-state index contributed by atoms with van der Waals surface area (Å²) < 4.78 is 35.5. The third kappa shape index (κ3) is 9.40. The van der Waals surface area contributed by atoms with Gasteiger partial charge in [-0.25, -0.2) is 13.2 Å². The number of aromatic nitrogens is 2. The zero-order valence-corrected chi connectivity index (χ0v) is 24.0. The highest BCUT2D eigenvalue weighted by Crippen LogP contribution is 2.37. The Morgan fingerprint density at radius 2 is 1.95 bits per heavy atom. The Bertz CT molecular complexity index is 1530. The van der Waals surface area contributed by atoms with E-state index in [1.54, 1.807) is 19.2 Å². The van der Waals surface area contributed by atoms with Crippen LogP contribution in [0.2, 0.25) is 0 Å². The van der Waals surface area contributed by atoms with E-state index in [0.717, 1.165) is 6.26 Å². The molecule has 1 aliphatic heterocycles. The zero-order chi connectivity index (χ0) is 31.7. The molecule has 3 rings (SSSR count). The molecule has 0 bridgehead atoms. The van der Waals surface area contributed by atoms with E-state index in [1.165, 1.54) is 12.1 Å². The van der Waals surface area contributed by atoms with Gasteiger partial charge in [0.2, 0.25) is 15.7 Å². The van der Waals surface area contributed by atoms with E-state index in [0.29, 0.717) is 24.1 Å². The third-order valence-corrected chi connectivity index (χ3v) is 6.76. The summed E-state index contributed by atoms with van der Waals surface area (Å²) in [6, 6.07) is 3.05. The second-order valence-corrected chi connectivity index (χ2v) is 11.2. The number of benzene rings is 1. The number of hydrogen-bond donors (Lipinski definition) is 4. The molecule has 0 saturated heterocycles. The van der Waals surface area contributed by atoms with Crippen LogP contribution >= 0.6 is 0 Å². The van der Waals surface area contributed by atoms with Crippen LogP contribution in [0.15, 0.2) is 28.3 Å². The summed E-state index contributed by atoms with van der Waals surface area (Å²) in [4.78, 5) is 57.7. The quantitative estimate of drug-likeness (QED) is 0.0957. The summed E-state index contributed by atoms with van der Waals surface area (Å²) >= 11 is 0. The molecule has 0 fully saturated rings. The molecule has 2 unspecified atom stereocenters. The van der Waals surface area contributed by atoms with Crippen LogP contribution in [0, 0.1) is 10.1 Å². The van der Waals surface area contributed by atoms with Gasteiger partial charge in [-0.2, -0.15) is 9.97 Å². The lowest BCUT2D eigenvalue weighted by Crippen LogP contribution is -2.31. The molecule has 2 atom stereocenters. The lowest BCUT2D eigenvalue weighted by Gasteiger charge is -2.20. The maximum atomic E-state index is 12.4. The minimum absolute atomic E-state index is 0.0188. The van der Waals surface area contributed by atoms with E-state index in [2.05, 4.69) is 25.6 Å². The molecule has 0 spiro atoms. The predicted octanol–water partition coefficient (Wildman–Crippen LogP) is 1.87. The number of anilines is 1. The largest absolute Gasteiger partial charge is 0.481 e. The van der Waals surface area contributed by atoms with Gasteiger partial charge < -0.3 is 25.0 Å². The molecule has 1 aromatic heterocycles. The molecular weight excluding hydrogens is 592 g/mol. The van der Waals surface area contributed by atoms with Crippen LogP contribution in [0.25, 0.3) is 0 Å². The first kappa shape index (κ1) is 32.8. The van der Waals surface area contributed by atoms with Crippen LogP contribution in [-0.2, 0) is 35.4 Å². The molecule has 2 heterocycles. The molecule has 4 N–H and O–H groups in total. The van der Waals surface area contributed by atoms with Gasteiger partial charge in [0.05, 0.1) is 11.5 Å².